The van der Waals surface area contributed by atoms with Crippen LogP contribution in [0.15, 0.2) is 18.3 Å². The molecule has 0 saturated carbocycles. The van der Waals surface area contributed by atoms with Gasteiger partial charge >= 0.3 is 5.97 Å². The van der Waals surface area contributed by atoms with Gasteiger partial charge in [0.1, 0.15) is 5.69 Å². The van der Waals surface area contributed by atoms with E-state index in [2.05, 4.69) is 10.3 Å². The van der Waals surface area contributed by atoms with Crippen LogP contribution in [0.25, 0.3) is 0 Å². The monoisotopic (exact) mass is 335 g/mol. The van der Waals surface area contributed by atoms with Crippen LogP contribution in [0.5, 0.6) is 0 Å². The summed E-state index contributed by atoms with van der Waals surface area (Å²) in [5, 5.41) is 11.8. The molecular weight excluding hydrogens is 314 g/mol. The van der Waals surface area contributed by atoms with Crippen LogP contribution in [0.3, 0.4) is 0 Å². The lowest BCUT2D eigenvalue weighted by atomic mass is 10.0. The summed E-state index contributed by atoms with van der Waals surface area (Å²) in [6, 6.07) is 2.69. The van der Waals surface area contributed by atoms with E-state index in [0.717, 1.165) is 0 Å². The van der Waals surface area contributed by atoms with E-state index in [-0.39, 0.29) is 29.1 Å². The minimum absolute atomic E-state index is 0.0366. The number of nitrogens with one attached hydrogen (secondary N) is 1. The van der Waals surface area contributed by atoms with Gasteiger partial charge in [-0.05, 0) is 25.0 Å². The summed E-state index contributed by atoms with van der Waals surface area (Å²) in [6.45, 7) is 1.58. The second-order valence-corrected chi connectivity index (χ2v) is 5.61. The van der Waals surface area contributed by atoms with Crippen molar-refractivity contribution < 1.29 is 24.2 Å². The van der Waals surface area contributed by atoms with Crippen LogP contribution in [0.4, 0.5) is 0 Å². The number of hydrogen-bond donors (Lipinski definition) is 2. The molecule has 0 aromatic carbocycles. The van der Waals surface area contributed by atoms with Gasteiger partial charge in [-0.2, -0.15) is 0 Å². The molecule has 0 atom stereocenters. The smallest absolute Gasteiger partial charge is 0.354 e. The van der Waals surface area contributed by atoms with Gasteiger partial charge < -0.3 is 20.1 Å². The van der Waals surface area contributed by atoms with Crippen molar-refractivity contribution in [1.29, 1.82) is 0 Å². The highest BCUT2D eigenvalue weighted by Crippen LogP contribution is 2.13. The molecule has 1 aromatic rings. The Morgan fingerprint density at radius 3 is 2.71 bits per heavy atom. The lowest BCUT2D eigenvalue weighted by Gasteiger charge is -2.32. The maximum Gasteiger partial charge on any atom is 0.354 e. The van der Waals surface area contributed by atoms with Crippen molar-refractivity contribution in [2.75, 3.05) is 26.8 Å². The van der Waals surface area contributed by atoms with Gasteiger partial charge in [0.25, 0.3) is 5.91 Å². The minimum Gasteiger partial charge on any atom is -0.477 e. The molecule has 130 valence electrons. The molecule has 2 amide bonds. The molecule has 2 heterocycles. The Morgan fingerprint density at radius 2 is 2.08 bits per heavy atom. The summed E-state index contributed by atoms with van der Waals surface area (Å²) >= 11 is 0. The molecule has 1 aliphatic rings. The van der Waals surface area contributed by atoms with E-state index in [4.69, 9.17) is 9.84 Å². The third-order valence-corrected chi connectivity index (χ3v) is 3.94. The number of pyridine rings is 1. The predicted octanol–water partition coefficient (Wildman–Crippen LogP) is 0.537. The Labute approximate surface area is 139 Å². The first-order valence-corrected chi connectivity index (χ1v) is 7.78. The highest BCUT2D eigenvalue weighted by Gasteiger charge is 2.24. The first kappa shape index (κ1) is 17.9. The maximum absolute atomic E-state index is 12.2. The molecule has 2 N–H and O–H groups in total. The Bertz CT molecular complexity index is 611. The SMILES string of the molecule is COCCC(=O)N1CCC(NC(=O)c2ccnc(C(=O)O)c2)CC1. The number of hydrogen-bond acceptors (Lipinski definition) is 5. The maximum atomic E-state index is 12.2. The highest BCUT2D eigenvalue weighted by atomic mass is 16.5. The molecule has 24 heavy (non-hydrogen) atoms. The molecule has 0 bridgehead atoms. The summed E-state index contributed by atoms with van der Waals surface area (Å²) in [4.78, 5) is 40.5. The van der Waals surface area contributed by atoms with E-state index in [0.29, 0.717) is 39.0 Å². The number of carboxylic acids is 1. The summed E-state index contributed by atoms with van der Waals surface area (Å²) in [5.74, 6) is -1.45. The number of likely N-dealkylation sites (tertiary alicyclic amines) is 1. The second kappa shape index (κ2) is 8.39. The number of methoxy groups -OCH3 is 1. The van der Waals surface area contributed by atoms with Crippen molar-refractivity contribution in [3.05, 3.63) is 29.6 Å². The number of amides is 2. The van der Waals surface area contributed by atoms with Crippen LogP contribution in [-0.2, 0) is 9.53 Å². The summed E-state index contributed by atoms with van der Waals surface area (Å²) in [6.07, 6.45) is 3.00. The first-order chi connectivity index (χ1) is 11.5. The van der Waals surface area contributed by atoms with Gasteiger partial charge in [-0.15, -0.1) is 0 Å². The molecule has 0 radical (unpaired) electrons. The largest absolute Gasteiger partial charge is 0.477 e. The number of ether oxygens (including phenoxy) is 1. The number of nitrogens with zero attached hydrogens (tertiary/aromatic N) is 2. The third kappa shape index (κ3) is 4.76. The van der Waals surface area contributed by atoms with Gasteiger partial charge in [-0.25, -0.2) is 9.78 Å². The Morgan fingerprint density at radius 1 is 1.38 bits per heavy atom. The summed E-state index contributed by atoms with van der Waals surface area (Å²) in [7, 11) is 1.56. The molecule has 8 nitrogen and oxygen atoms in total. The molecule has 2 rings (SSSR count). The van der Waals surface area contributed by atoms with E-state index in [1.54, 1.807) is 12.0 Å². The van der Waals surface area contributed by atoms with Crippen molar-refractivity contribution in [3.63, 3.8) is 0 Å². The Balaban J connectivity index is 1.85. The highest BCUT2D eigenvalue weighted by molar-refractivity contribution is 5.96. The fraction of sp³-hybridized carbons (Fsp3) is 0.500. The quantitative estimate of drug-likeness (QED) is 0.785. The fourth-order valence-corrected chi connectivity index (χ4v) is 2.58. The molecule has 1 aromatic heterocycles. The number of carbonyl (C=O) groups is 3. The third-order valence-electron chi connectivity index (χ3n) is 3.94. The molecule has 0 unspecified atom stereocenters. The number of rotatable bonds is 6. The zero-order chi connectivity index (χ0) is 17.5. The van der Waals surface area contributed by atoms with Crippen LogP contribution >= 0.6 is 0 Å². The lowest BCUT2D eigenvalue weighted by molar-refractivity contribution is -0.133. The van der Waals surface area contributed by atoms with Gasteiger partial charge in [0.2, 0.25) is 5.91 Å². The van der Waals surface area contributed by atoms with Crippen LogP contribution < -0.4 is 5.32 Å². The average Bonchev–Trinajstić information content (AvgIpc) is 2.60. The van der Waals surface area contributed by atoms with Gasteiger partial charge in [-0.3, -0.25) is 9.59 Å². The van der Waals surface area contributed by atoms with E-state index in [1.807, 2.05) is 0 Å². The van der Waals surface area contributed by atoms with Crippen molar-refractivity contribution in [3.8, 4) is 0 Å². The van der Waals surface area contributed by atoms with Crippen LogP contribution in [0, 0.1) is 0 Å². The van der Waals surface area contributed by atoms with Crippen LogP contribution in [0.2, 0.25) is 0 Å². The van der Waals surface area contributed by atoms with E-state index in [9.17, 15) is 14.4 Å². The normalized spacial score (nSPS) is 15.1. The molecule has 0 spiro atoms. The molecular formula is C16H21N3O5. The fourth-order valence-electron chi connectivity index (χ4n) is 2.58. The first-order valence-electron chi connectivity index (χ1n) is 7.78. The van der Waals surface area contributed by atoms with E-state index in [1.165, 1.54) is 18.3 Å². The molecule has 1 saturated heterocycles. The lowest BCUT2D eigenvalue weighted by Crippen LogP contribution is -2.46. The molecule has 8 heteroatoms. The number of aromatic nitrogens is 1. The zero-order valence-corrected chi connectivity index (χ0v) is 13.5. The summed E-state index contributed by atoms with van der Waals surface area (Å²) in [5.41, 5.74) is 0.0993. The standard InChI is InChI=1S/C16H21N3O5/c1-24-9-5-14(20)19-7-3-12(4-8-19)18-15(21)11-2-6-17-13(10-11)16(22)23/h2,6,10,12H,3-5,7-9H2,1H3,(H,18,21)(H,22,23). The molecule has 1 aliphatic heterocycles. The minimum atomic E-state index is -1.17. The second-order valence-electron chi connectivity index (χ2n) is 5.61. The number of carboxylic acid groups (broad SMARTS) is 1. The van der Waals surface area contributed by atoms with Crippen molar-refractivity contribution in [1.82, 2.24) is 15.2 Å². The van der Waals surface area contributed by atoms with Gasteiger partial charge in [0, 0.05) is 38.0 Å². The number of aromatic carboxylic acids is 1. The van der Waals surface area contributed by atoms with Crippen molar-refractivity contribution >= 4 is 17.8 Å². The van der Waals surface area contributed by atoms with E-state index >= 15 is 0 Å². The Kier molecular flexibility index (Phi) is 6.25. The van der Waals surface area contributed by atoms with Crippen molar-refractivity contribution in [2.45, 2.75) is 25.3 Å². The van der Waals surface area contributed by atoms with Gasteiger partial charge in [-0.1, -0.05) is 0 Å². The molecule has 1 fully saturated rings. The predicted molar refractivity (Wildman–Crippen MR) is 84.8 cm³/mol. The van der Waals surface area contributed by atoms with E-state index < -0.39 is 5.97 Å². The summed E-state index contributed by atoms with van der Waals surface area (Å²) < 4.78 is 4.90. The number of carbonyl (C=O) groups excluding carboxylic acids is 2. The van der Waals surface area contributed by atoms with Crippen LogP contribution in [-0.4, -0.2) is 65.6 Å². The topological polar surface area (TPSA) is 109 Å². The number of piperidine rings is 1. The van der Waals surface area contributed by atoms with Gasteiger partial charge in [0.05, 0.1) is 13.0 Å². The van der Waals surface area contributed by atoms with Crippen LogP contribution in [0.1, 0.15) is 40.1 Å². The van der Waals surface area contributed by atoms with Crippen molar-refractivity contribution in [2.24, 2.45) is 0 Å². The average molecular weight is 335 g/mol. The van der Waals surface area contributed by atoms with Gasteiger partial charge in [0.15, 0.2) is 0 Å². The molecule has 0 aliphatic carbocycles. The Hall–Kier alpha value is -2.48. The zero-order valence-electron chi connectivity index (χ0n) is 13.5.